The van der Waals surface area contributed by atoms with E-state index in [0.29, 0.717) is 11.5 Å². The molecule has 1 aliphatic heterocycles. The highest BCUT2D eigenvalue weighted by atomic mass is 32.2. The summed E-state index contributed by atoms with van der Waals surface area (Å²) < 4.78 is 1.85. The Labute approximate surface area is 184 Å². The number of unbranched alkanes of at least 4 members (excludes halogenated alkanes) is 1. The Bertz CT molecular complexity index is 1070. The summed E-state index contributed by atoms with van der Waals surface area (Å²) in [6.07, 6.45) is 2.26. The van der Waals surface area contributed by atoms with Crippen LogP contribution >= 0.6 is 23.1 Å². The zero-order valence-electron chi connectivity index (χ0n) is 17.3. The molecule has 1 aliphatic rings. The third-order valence-corrected chi connectivity index (χ3v) is 6.74. The molecule has 0 spiro atoms. The molecule has 0 bridgehead atoms. The minimum Gasteiger partial charge on any atom is -0.328 e. The van der Waals surface area contributed by atoms with E-state index < -0.39 is 0 Å². The van der Waals surface area contributed by atoms with Crippen LogP contribution in [-0.2, 0) is 4.79 Å². The van der Waals surface area contributed by atoms with Gasteiger partial charge < -0.3 is 10.6 Å². The van der Waals surface area contributed by atoms with E-state index in [1.165, 1.54) is 0 Å². The number of nitrogens with one attached hydrogen (secondary N) is 2. The fourth-order valence-electron chi connectivity index (χ4n) is 3.43. The lowest BCUT2D eigenvalue weighted by atomic mass is 10.0. The number of anilines is 2. The molecule has 1 atom stereocenters. The molecule has 0 aliphatic carbocycles. The van der Waals surface area contributed by atoms with E-state index in [-0.39, 0.29) is 11.9 Å². The fraction of sp³-hybridized carbons (Fsp3) is 0.318. The van der Waals surface area contributed by atoms with E-state index in [0.717, 1.165) is 45.6 Å². The van der Waals surface area contributed by atoms with Crippen LogP contribution in [0.5, 0.6) is 0 Å². The Morgan fingerprint density at radius 2 is 2.17 bits per heavy atom. The van der Waals surface area contributed by atoms with Gasteiger partial charge in [0, 0.05) is 22.0 Å². The highest BCUT2D eigenvalue weighted by Gasteiger charge is 2.35. The number of rotatable bonds is 7. The lowest BCUT2D eigenvalue weighted by molar-refractivity contribution is -0.113. The van der Waals surface area contributed by atoms with Gasteiger partial charge in [0.05, 0.1) is 5.57 Å². The number of thiophene rings is 1. The predicted molar refractivity (Wildman–Crippen MR) is 124 cm³/mol. The van der Waals surface area contributed by atoms with Crippen LogP contribution in [0, 0.1) is 6.92 Å². The van der Waals surface area contributed by atoms with E-state index >= 15 is 0 Å². The zero-order valence-corrected chi connectivity index (χ0v) is 18.9. The number of fused-ring (bicyclic) bond motifs is 1. The molecule has 3 aromatic rings. The number of allylic oxidation sites excluding steroid dienone is 1. The van der Waals surface area contributed by atoms with Crippen LogP contribution in [0.15, 0.2) is 58.2 Å². The average molecular weight is 440 g/mol. The molecule has 30 heavy (non-hydrogen) atoms. The molecule has 4 rings (SSSR count). The van der Waals surface area contributed by atoms with Crippen molar-refractivity contribution in [1.29, 1.82) is 0 Å². The Hall–Kier alpha value is -2.58. The Balaban J connectivity index is 1.68. The molecular weight excluding hydrogens is 414 g/mol. The first-order valence-electron chi connectivity index (χ1n) is 10.1. The number of nitrogens with zero attached hydrogens (tertiary/aromatic N) is 3. The van der Waals surface area contributed by atoms with Crippen molar-refractivity contribution >= 4 is 40.6 Å². The molecular formula is C22H25N5OS2. The molecule has 2 N–H and O–H groups in total. The molecule has 0 fully saturated rings. The van der Waals surface area contributed by atoms with Crippen LogP contribution in [0.4, 0.5) is 11.6 Å². The summed E-state index contributed by atoms with van der Waals surface area (Å²) in [6.45, 7) is 6.11. The van der Waals surface area contributed by atoms with Crippen LogP contribution in [0.3, 0.4) is 0 Å². The highest BCUT2D eigenvalue weighted by molar-refractivity contribution is 7.99. The highest BCUT2D eigenvalue weighted by Crippen LogP contribution is 2.38. The van der Waals surface area contributed by atoms with Crippen molar-refractivity contribution in [2.24, 2.45) is 0 Å². The van der Waals surface area contributed by atoms with Gasteiger partial charge in [-0.15, -0.1) is 16.4 Å². The molecule has 156 valence electrons. The van der Waals surface area contributed by atoms with Gasteiger partial charge in [0.25, 0.3) is 5.91 Å². The minimum absolute atomic E-state index is 0.134. The summed E-state index contributed by atoms with van der Waals surface area (Å²) in [5.74, 6) is 1.53. The summed E-state index contributed by atoms with van der Waals surface area (Å²) >= 11 is 3.27. The Morgan fingerprint density at radius 1 is 1.30 bits per heavy atom. The summed E-state index contributed by atoms with van der Waals surface area (Å²) in [4.78, 5) is 19.1. The molecule has 8 heteroatoms. The van der Waals surface area contributed by atoms with Crippen LogP contribution in [0.2, 0.25) is 0 Å². The normalized spacial score (nSPS) is 15.6. The van der Waals surface area contributed by atoms with Crippen molar-refractivity contribution in [2.45, 2.75) is 44.8 Å². The van der Waals surface area contributed by atoms with Crippen molar-refractivity contribution in [2.75, 3.05) is 16.4 Å². The number of benzene rings is 1. The molecule has 1 aromatic carbocycles. The Kier molecular flexibility index (Phi) is 6.24. The lowest BCUT2D eigenvalue weighted by Crippen LogP contribution is -2.31. The van der Waals surface area contributed by atoms with Crippen molar-refractivity contribution in [3.8, 4) is 0 Å². The van der Waals surface area contributed by atoms with Gasteiger partial charge in [-0.3, -0.25) is 4.79 Å². The topological polar surface area (TPSA) is 71.8 Å². The van der Waals surface area contributed by atoms with Gasteiger partial charge in [-0.25, -0.2) is 4.68 Å². The number of carbonyl (C=O) groups excluding carboxylic acids is 1. The van der Waals surface area contributed by atoms with Gasteiger partial charge in [0.1, 0.15) is 6.04 Å². The maximum atomic E-state index is 13.4. The van der Waals surface area contributed by atoms with Crippen LogP contribution in [-0.4, -0.2) is 26.4 Å². The SMILES string of the molecule is CCCCSc1nc2n(n1)C(c1cccs1)C(C(=O)Nc1cccc(C)c1)=C(C)N2. The molecule has 1 unspecified atom stereocenters. The number of carbonyl (C=O) groups is 1. The smallest absolute Gasteiger partial charge is 0.255 e. The summed E-state index contributed by atoms with van der Waals surface area (Å²) in [5, 5.41) is 13.9. The monoisotopic (exact) mass is 439 g/mol. The number of thioether (sulfide) groups is 1. The van der Waals surface area contributed by atoms with Crippen molar-refractivity contribution in [3.05, 3.63) is 63.5 Å². The first kappa shape index (κ1) is 20.7. The third kappa shape index (κ3) is 4.29. The lowest BCUT2D eigenvalue weighted by Gasteiger charge is -2.27. The zero-order chi connectivity index (χ0) is 21.1. The van der Waals surface area contributed by atoms with E-state index in [9.17, 15) is 4.79 Å². The summed E-state index contributed by atoms with van der Waals surface area (Å²) in [5.41, 5.74) is 3.33. The number of hydrogen-bond acceptors (Lipinski definition) is 6. The molecule has 0 saturated carbocycles. The Morgan fingerprint density at radius 3 is 2.90 bits per heavy atom. The van der Waals surface area contributed by atoms with Crippen molar-refractivity contribution < 1.29 is 4.79 Å². The standard InChI is InChI=1S/C22H25N5OS2/c1-4-5-11-30-22-25-21-23-15(3)18(19(27(21)26-22)17-10-7-12-29-17)20(28)24-16-9-6-8-14(2)13-16/h6-10,12-13,19H,4-5,11H2,1-3H3,(H,24,28)(H,23,25,26). The molecule has 2 aromatic heterocycles. The number of aromatic nitrogens is 3. The third-order valence-electron chi connectivity index (χ3n) is 4.90. The second-order valence-electron chi connectivity index (χ2n) is 7.27. The summed E-state index contributed by atoms with van der Waals surface area (Å²) in [6, 6.07) is 11.6. The van der Waals surface area contributed by atoms with Gasteiger partial charge in [0.2, 0.25) is 11.1 Å². The van der Waals surface area contributed by atoms with E-state index in [4.69, 9.17) is 5.10 Å². The van der Waals surface area contributed by atoms with Gasteiger partial charge in [-0.05, 0) is 49.4 Å². The van der Waals surface area contributed by atoms with Crippen LogP contribution < -0.4 is 10.6 Å². The van der Waals surface area contributed by atoms with Gasteiger partial charge >= 0.3 is 0 Å². The van der Waals surface area contributed by atoms with E-state index in [1.54, 1.807) is 23.1 Å². The summed E-state index contributed by atoms with van der Waals surface area (Å²) in [7, 11) is 0. The maximum Gasteiger partial charge on any atom is 0.255 e. The van der Waals surface area contributed by atoms with Crippen molar-refractivity contribution in [1.82, 2.24) is 14.8 Å². The molecule has 0 saturated heterocycles. The van der Waals surface area contributed by atoms with Gasteiger partial charge in [0.15, 0.2) is 0 Å². The largest absolute Gasteiger partial charge is 0.328 e. The number of hydrogen-bond donors (Lipinski definition) is 2. The van der Waals surface area contributed by atoms with Crippen LogP contribution in [0.1, 0.15) is 43.2 Å². The molecule has 0 radical (unpaired) electrons. The quantitative estimate of drug-likeness (QED) is 0.377. The minimum atomic E-state index is -0.306. The van der Waals surface area contributed by atoms with Crippen LogP contribution in [0.25, 0.3) is 0 Å². The molecule has 6 nitrogen and oxygen atoms in total. The average Bonchev–Trinajstić information content (AvgIpc) is 3.36. The first-order valence-corrected chi connectivity index (χ1v) is 11.9. The van der Waals surface area contributed by atoms with E-state index in [2.05, 4.69) is 22.5 Å². The number of aryl methyl sites for hydroxylation is 1. The van der Waals surface area contributed by atoms with Gasteiger partial charge in [-0.2, -0.15) is 4.98 Å². The first-order chi connectivity index (χ1) is 14.6. The maximum absolute atomic E-state index is 13.4. The van der Waals surface area contributed by atoms with Crippen molar-refractivity contribution in [3.63, 3.8) is 0 Å². The molecule has 1 amide bonds. The predicted octanol–water partition coefficient (Wildman–Crippen LogP) is 5.47. The second kappa shape index (κ2) is 9.06. The van der Waals surface area contributed by atoms with E-state index in [1.807, 2.05) is 60.3 Å². The second-order valence-corrected chi connectivity index (χ2v) is 9.31. The van der Waals surface area contributed by atoms with Gasteiger partial charge in [-0.1, -0.05) is 43.3 Å². The fourth-order valence-corrected chi connectivity index (χ4v) is 5.16. The number of amides is 1. The molecule has 3 heterocycles.